The fourth-order valence-electron chi connectivity index (χ4n) is 3.92. The molecule has 0 aliphatic heterocycles. The minimum absolute atomic E-state index is 0.00968. The third-order valence-corrected chi connectivity index (χ3v) is 8.24. The maximum absolute atomic E-state index is 12.3. The average molecular weight is 473 g/mol. The van der Waals surface area contributed by atoms with Crippen molar-refractivity contribution in [3.63, 3.8) is 0 Å². The first kappa shape index (κ1) is 24.9. The van der Waals surface area contributed by atoms with Crippen LogP contribution >= 0.6 is 23.5 Å². The number of allylic oxidation sites excluding steroid dienone is 1. The number of aryl methyl sites for hydroxylation is 1. The van der Waals surface area contributed by atoms with Crippen molar-refractivity contribution in [2.24, 2.45) is 5.92 Å². The first-order valence-electron chi connectivity index (χ1n) is 11.2. The number of fused-ring (bicyclic) bond motifs is 1. The predicted molar refractivity (Wildman–Crippen MR) is 135 cm³/mol. The number of ether oxygens (including phenoxy) is 1. The highest BCUT2D eigenvalue weighted by Crippen LogP contribution is 2.34. The van der Waals surface area contributed by atoms with E-state index in [9.17, 15) is 14.7 Å². The summed E-state index contributed by atoms with van der Waals surface area (Å²) in [6.45, 7) is 0. The van der Waals surface area contributed by atoms with E-state index in [0.717, 1.165) is 30.8 Å². The van der Waals surface area contributed by atoms with Crippen molar-refractivity contribution < 1.29 is 19.4 Å². The number of aliphatic hydroxyl groups is 1. The molecule has 1 aliphatic carbocycles. The van der Waals surface area contributed by atoms with Gasteiger partial charge in [-0.3, -0.25) is 9.59 Å². The summed E-state index contributed by atoms with van der Waals surface area (Å²) < 4.78 is 4.63. The van der Waals surface area contributed by atoms with E-state index < -0.39 is 6.10 Å². The number of thioether (sulfide) groups is 2. The second-order valence-corrected chi connectivity index (χ2v) is 10.5. The Bertz CT molecular complexity index is 927. The summed E-state index contributed by atoms with van der Waals surface area (Å²) in [5, 5.41) is 12.9. The van der Waals surface area contributed by atoms with E-state index in [2.05, 4.69) is 41.1 Å². The first-order valence-corrected chi connectivity index (χ1v) is 13.4. The number of carbonyl (C=O) groups excluding carboxylic acids is 2. The lowest BCUT2D eigenvalue weighted by Gasteiger charge is -2.15. The Balaban J connectivity index is 1.41. The molecule has 1 unspecified atom stereocenters. The zero-order valence-corrected chi connectivity index (χ0v) is 20.2. The molecule has 0 bridgehead atoms. The molecule has 1 saturated carbocycles. The third-order valence-electron chi connectivity index (χ3n) is 5.73. The van der Waals surface area contributed by atoms with Crippen LogP contribution in [0.15, 0.2) is 54.6 Å². The van der Waals surface area contributed by atoms with Crippen molar-refractivity contribution in [3.05, 3.63) is 60.2 Å². The Morgan fingerprint density at radius 3 is 2.84 bits per heavy atom. The molecule has 0 spiro atoms. The van der Waals surface area contributed by atoms with Gasteiger partial charge in [-0.1, -0.05) is 54.6 Å². The summed E-state index contributed by atoms with van der Waals surface area (Å²) in [6.07, 6.45) is 7.37. The lowest BCUT2D eigenvalue weighted by Crippen LogP contribution is -2.17. The molecule has 32 heavy (non-hydrogen) atoms. The summed E-state index contributed by atoms with van der Waals surface area (Å²) in [5.74, 6) is 2.49. The fourth-order valence-corrected chi connectivity index (χ4v) is 6.22. The van der Waals surface area contributed by atoms with E-state index in [1.807, 2.05) is 18.2 Å². The molecule has 172 valence electrons. The maximum Gasteiger partial charge on any atom is 0.315 e. The zero-order chi connectivity index (χ0) is 22.8. The molecule has 0 heterocycles. The number of aliphatic hydroxyl groups excluding tert-OH is 1. The van der Waals surface area contributed by atoms with Crippen LogP contribution in [0, 0.1) is 5.92 Å². The van der Waals surface area contributed by atoms with Gasteiger partial charge in [-0.25, -0.2) is 0 Å². The Hall–Kier alpha value is -1.76. The SMILES string of the molecule is COC(=O)CSCCCS[C@H]1C(=O)CC[C@H]1C=CC(O)CCc1ccc2ccccc2c1. The number of esters is 1. The number of hydrogen-bond donors (Lipinski definition) is 1. The third kappa shape index (κ3) is 7.68. The summed E-state index contributed by atoms with van der Waals surface area (Å²) in [4.78, 5) is 23.4. The van der Waals surface area contributed by atoms with Gasteiger partial charge < -0.3 is 9.84 Å². The smallest absolute Gasteiger partial charge is 0.315 e. The van der Waals surface area contributed by atoms with Gasteiger partial charge in [0.05, 0.1) is 24.2 Å². The summed E-state index contributed by atoms with van der Waals surface area (Å²) in [5.41, 5.74) is 1.23. The van der Waals surface area contributed by atoms with E-state index in [-0.39, 0.29) is 17.1 Å². The van der Waals surface area contributed by atoms with Crippen LogP contribution in [0.1, 0.15) is 31.2 Å². The fraction of sp³-hybridized carbons (Fsp3) is 0.462. The van der Waals surface area contributed by atoms with Crippen molar-refractivity contribution in [2.75, 3.05) is 24.4 Å². The number of rotatable bonds is 12. The summed E-state index contributed by atoms with van der Waals surface area (Å²) in [6, 6.07) is 14.8. The summed E-state index contributed by atoms with van der Waals surface area (Å²) in [7, 11) is 1.40. The molecule has 2 aromatic rings. The normalized spacial score (nSPS) is 19.6. The molecule has 0 aromatic heterocycles. The van der Waals surface area contributed by atoms with E-state index in [4.69, 9.17) is 0 Å². The lowest BCUT2D eigenvalue weighted by molar-refractivity contribution is -0.137. The largest absolute Gasteiger partial charge is 0.468 e. The van der Waals surface area contributed by atoms with Gasteiger partial charge in [-0.05, 0) is 59.4 Å². The van der Waals surface area contributed by atoms with Gasteiger partial charge in [0.1, 0.15) is 5.78 Å². The van der Waals surface area contributed by atoms with Crippen LogP contribution in [0.4, 0.5) is 0 Å². The standard InChI is InChI=1S/C26H32O4S2/c1-30-25(29)18-31-15-4-16-32-26-21(11-14-24(26)28)10-13-23(27)12-8-19-7-9-20-5-2-3-6-22(20)17-19/h2-3,5-7,9-10,13,17,21,23,26-27H,4,8,11-12,14-16,18H2,1H3/t21-,23?,26-/m1/s1. The molecule has 2 aromatic carbocycles. The molecule has 6 heteroatoms. The summed E-state index contributed by atoms with van der Waals surface area (Å²) >= 11 is 3.28. The highest BCUT2D eigenvalue weighted by atomic mass is 32.2. The van der Waals surface area contributed by atoms with E-state index in [1.54, 1.807) is 23.5 Å². The van der Waals surface area contributed by atoms with Gasteiger partial charge in [-0.2, -0.15) is 11.8 Å². The van der Waals surface area contributed by atoms with Gasteiger partial charge >= 0.3 is 5.97 Å². The topological polar surface area (TPSA) is 63.6 Å². The van der Waals surface area contributed by atoms with Gasteiger partial charge in [0.25, 0.3) is 0 Å². The molecule has 1 aliphatic rings. The molecule has 3 atom stereocenters. The first-order chi connectivity index (χ1) is 15.6. The van der Waals surface area contributed by atoms with Gasteiger partial charge in [-0.15, -0.1) is 11.8 Å². The number of hydrogen-bond acceptors (Lipinski definition) is 6. The van der Waals surface area contributed by atoms with Gasteiger partial charge in [0, 0.05) is 6.42 Å². The Labute approximate surface area is 199 Å². The number of carbonyl (C=O) groups is 2. The molecule has 4 nitrogen and oxygen atoms in total. The van der Waals surface area contributed by atoms with Crippen LogP contribution in [-0.2, 0) is 20.7 Å². The second-order valence-electron chi connectivity index (χ2n) is 8.11. The molecule has 1 fully saturated rings. The molecular weight excluding hydrogens is 440 g/mol. The number of methoxy groups -OCH3 is 1. The monoisotopic (exact) mass is 472 g/mol. The Morgan fingerprint density at radius 1 is 1.22 bits per heavy atom. The van der Waals surface area contributed by atoms with Crippen molar-refractivity contribution in [1.82, 2.24) is 0 Å². The molecule has 0 amide bonds. The Kier molecular flexibility index (Phi) is 10.2. The van der Waals surface area contributed by atoms with Crippen LogP contribution < -0.4 is 0 Å². The number of benzene rings is 2. The highest BCUT2D eigenvalue weighted by molar-refractivity contribution is 8.01. The van der Waals surface area contributed by atoms with Crippen LogP contribution in [0.3, 0.4) is 0 Å². The molecular formula is C26H32O4S2. The molecule has 0 radical (unpaired) electrons. The molecule has 1 N–H and O–H groups in total. The van der Waals surface area contributed by atoms with E-state index >= 15 is 0 Å². The van der Waals surface area contributed by atoms with Crippen molar-refractivity contribution >= 4 is 46.0 Å². The minimum Gasteiger partial charge on any atom is -0.468 e. The van der Waals surface area contributed by atoms with Crippen LogP contribution in [-0.4, -0.2) is 52.6 Å². The molecule has 3 rings (SSSR count). The average Bonchev–Trinajstić information content (AvgIpc) is 3.17. The lowest BCUT2D eigenvalue weighted by atomic mass is 10.0. The minimum atomic E-state index is -0.502. The van der Waals surface area contributed by atoms with Gasteiger partial charge in [0.15, 0.2) is 0 Å². The number of ketones is 1. The zero-order valence-electron chi connectivity index (χ0n) is 18.6. The van der Waals surface area contributed by atoms with Crippen molar-refractivity contribution in [3.8, 4) is 0 Å². The second kappa shape index (κ2) is 13.1. The molecule has 0 saturated heterocycles. The van der Waals surface area contributed by atoms with Crippen molar-refractivity contribution in [2.45, 2.75) is 43.5 Å². The van der Waals surface area contributed by atoms with E-state index in [0.29, 0.717) is 24.4 Å². The Morgan fingerprint density at radius 2 is 2.03 bits per heavy atom. The van der Waals surface area contributed by atoms with Crippen LogP contribution in [0.5, 0.6) is 0 Å². The quantitative estimate of drug-likeness (QED) is 0.264. The van der Waals surface area contributed by atoms with E-state index in [1.165, 1.54) is 23.4 Å². The van der Waals surface area contributed by atoms with Crippen molar-refractivity contribution in [1.29, 1.82) is 0 Å². The predicted octanol–water partition coefficient (Wildman–Crippen LogP) is 5.07. The maximum atomic E-state index is 12.3. The van der Waals surface area contributed by atoms with Gasteiger partial charge in [0.2, 0.25) is 0 Å². The van der Waals surface area contributed by atoms with Crippen LogP contribution in [0.25, 0.3) is 10.8 Å². The van der Waals surface area contributed by atoms with Crippen LogP contribution in [0.2, 0.25) is 0 Å². The number of Topliss-reactive ketones (excluding diaryl/α,β-unsaturated/α-hetero) is 1. The highest BCUT2D eigenvalue weighted by Gasteiger charge is 2.33.